The van der Waals surface area contributed by atoms with E-state index in [2.05, 4.69) is 0 Å². The van der Waals surface area contributed by atoms with Crippen molar-refractivity contribution in [2.75, 3.05) is 0 Å². The molecule has 0 aromatic heterocycles. The van der Waals surface area contributed by atoms with Crippen LogP contribution in [0.25, 0.3) is 0 Å². The number of rotatable bonds is 8. The van der Waals surface area contributed by atoms with Gasteiger partial charge in [-0.2, -0.15) is 57.1 Å². The first kappa shape index (κ1) is 26.0. The Bertz CT molecular complexity index is 564. The number of alkyl halides is 13. The van der Waals surface area contributed by atoms with E-state index in [0.29, 0.717) is 0 Å². The summed E-state index contributed by atoms with van der Waals surface area (Å²) in [6, 6.07) is -1.14. The topological polar surface area (TPSA) is 17.1 Å². The Balaban J connectivity index is 6.05. The van der Waals surface area contributed by atoms with E-state index in [1.54, 1.807) is 0 Å². The quantitative estimate of drug-likeness (QED) is 0.331. The van der Waals surface area contributed by atoms with E-state index in [-0.39, 0.29) is 0 Å². The van der Waals surface area contributed by atoms with Crippen LogP contribution in [-0.4, -0.2) is 49.3 Å². The molecular weight excluding hydrogens is 435 g/mol. The molecule has 0 aliphatic carbocycles. The molecule has 0 aliphatic rings. The van der Waals surface area contributed by atoms with Crippen molar-refractivity contribution in [1.29, 1.82) is 0 Å². The molecule has 0 amide bonds. The molecule has 0 spiro atoms. The third-order valence-electron chi connectivity index (χ3n) is 4.02. The molecule has 0 heterocycles. The van der Waals surface area contributed by atoms with Crippen molar-refractivity contribution >= 4 is 13.5 Å². The molecular formula is C12H13F13OSi. The first-order chi connectivity index (χ1) is 11.4. The van der Waals surface area contributed by atoms with Crippen LogP contribution < -0.4 is 0 Å². The van der Waals surface area contributed by atoms with Crippen LogP contribution in [0.2, 0.25) is 19.1 Å². The van der Waals surface area contributed by atoms with Crippen LogP contribution in [0, 0.1) is 0 Å². The predicted molar refractivity (Wildman–Crippen MR) is 68.4 cm³/mol. The van der Waals surface area contributed by atoms with Gasteiger partial charge in [-0.15, -0.1) is 0 Å². The van der Waals surface area contributed by atoms with E-state index in [1.807, 2.05) is 0 Å². The van der Waals surface area contributed by atoms with Gasteiger partial charge in [0, 0.05) is 6.42 Å². The molecule has 0 fully saturated rings. The van der Waals surface area contributed by atoms with E-state index in [1.165, 1.54) is 0 Å². The molecule has 0 radical (unpaired) electrons. The Labute approximate surface area is 144 Å². The lowest BCUT2D eigenvalue weighted by molar-refractivity contribution is -0.439. The number of halogens is 13. The Hall–Kier alpha value is -1.02. The van der Waals surface area contributed by atoms with E-state index in [0.717, 1.165) is 20.0 Å². The fourth-order valence-corrected chi connectivity index (χ4v) is 2.90. The van der Waals surface area contributed by atoms with Crippen LogP contribution in [0.15, 0.2) is 0 Å². The normalized spacial score (nSPS) is 15.9. The Kier molecular flexibility index (Phi) is 6.54. The first-order valence-electron chi connectivity index (χ1n) is 6.87. The summed E-state index contributed by atoms with van der Waals surface area (Å²) in [6.45, 7) is 2.97. The molecule has 0 saturated heterocycles. The average Bonchev–Trinajstić information content (AvgIpc) is 2.43. The summed E-state index contributed by atoms with van der Waals surface area (Å²) >= 11 is 0. The van der Waals surface area contributed by atoms with E-state index < -0.39 is 61.7 Å². The van der Waals surface area contributed by atoms with Gasteiger partial charge in [-0.1, -0.05) is 13.1 Å². The predicted octanol–water partition coefficient (Wildman–Crippen LogP) is 5.95. The summed E-state index contributed by atoms with van der Waals surface area (Å²) in [7, 11) is -3.35. The fraction of sp³-hybridized carbons (Fsp3) is 0.917. The molecule has 15 heteroatoms. The molecule has 27 heavy (non-hydrogen) atoms. The lowest BCUT2D eigenvalue weighted by Gasteiger charge is -2.40. The molecule has 0 atom stereocenters. The van der Waals surface area contributed by atoms with Gasteiger partial charge in [0.25, 0.3) is 0 Å². The lowest BCUT2D eigenvalue weighted by atomic mass is 9.93. The monoisotopic (exact) mass is 448 g/mol. The molecule has 0 rings (SSSR count). The molecule has 1 nitrogen and oxygen atoms in total. The Morgan fingerprint density at radius 1 is 0.667 bits per heavy atom. The zero-order chi connectivity index (χ0) is 22.5. The van der Waals surface area contributed by atoms with E-state index in [4.69, 9.17) is 0 Å². The number of hydrogen-bond donors (Lipinski definition) is 0. The van der Waals surface area contributed by atoms with Gasteiger partial charge in [-0.05, 0) is 13.0 Å². The zero-order valence-corrected chi connectivity index (χ0v) is 14.7. The summed E-state index contributed by atoms with van der Waals surface area (Å²) in [5, 5.41) is -0.748. The Morgan fingerprint density at radius 2 is 1.00 bits per heavy atom. The Morgan fingerprint density at radius 3 is 1.30 bits per heavy atom. The maximum Gasteiger partial charge on any atom is 0.460 e. The minimum atomic E-state index is -7.89. The molecule has 0 aliphatic heterocycles. The molecule has 0 N–H and O–H groups in total. The summed E-state index contributed by atoms with van der Waals surface area (Å²) in [4.78, 5) is 11.2. The number of carbonyl (C=O) groups is 1. The maximum absolute atomic E-state index is 13.5. The van der Waals surface area contributed by atoms with Gasteiger partial charge < -0.3 is 4.79 Å². The fourth-order valence-electron chi connectivity index (χ4n) is 1.60. The van der Waals surface area contributed by atoms with Crippen molar-refractivity contribution in [3.8, 4) is 0 Å². The smallest absolute Gasteiger partial charge is 0.306 e. The van der Waals surface area contributed by atoms with Gasteiger partial charge in [0.2, 0.25) is 0 Å². The van der Waals surface area contributed by atoms with E-state index in [9.17, 15) is 61.9 Å². The highest BCUT2D eigenvalue weighted by Gasteiger charge is 2.90. The summed E-state index contributed by atoms with van der Waals surface area (Å²) in [5.74, 6) is -36.8. The zero-order valence-electron chi connectivity index (χ0n) is 13.7. The number of carbonyl (C=O) groups excluding carboxylic acids is 1. The SMILES string of the molecule is CC(=O)[Si](C)(C)CCC(F)(F)C(F)(F)C(F)(F)C(F)(F)C(F)(F)C(F)(F)F. The van der Waals surface area contributed by atoms with Gasteiger partial charge in [0.15, 0.2) is 0 Å². The van der Waals surface area contributed by atoms with Crippen molar-refractivity contribution in [2.24, 2.45) is 0 Å². The summed E-state index contributed by atoms with van der Waals surface area (Å²) in [5.41, 5.74) is 0. The van der Waals surface area contributed by atoms with Crippen LogP contribution in [0.1, 0.15) is 13.3 Å². The minimum absolute atomic E-state index is 0.748. The summed E-state index contributed by atoms with van der Waals surface area (Å²) < 4.78 is 167. The lowest BCUT2D eigenvalue weighted by Crippen LogP contribution is -2.70. The largest absolute Gasteiger partial charge is 0.460 e. The van der Waals surface area contributed by atoms with Gasteiger partial charge in [-0.3, -0.25) is 0 Å². The molecule has 0 saturated carbocycles. The van der Waals surface area contributed by atoms with Gasteiger partial charge in [0.05, 0.1) is 0 Å². The molecule has 0 aromatic rings. The molecule has 0 aromatic carbocycles. The van der Waals surface area contributed by atoms with Crippen LogP contribution >= 0.6 is 0 Å². The number of hydrogen-bond acceptors (Lipinski definition) is 1. The standard InChI is InChI=1S/C12H13F13OSi/c1-6(26)27(2,3)5-4-7(13,14)8(15,16)9(17,18)10(19,20)11(21,22)12(23,24)25/h4-5H2,1-3H3. The maximum atomic E-state index is 13.5. The summed E-state index contributed by atoms with van der Waals surface area (Å²) in [6.07, 6.45) is -9.73. The van der Waals surface area contributed by atoms with Crippen molar-refractivity contribution < 1.29 is 61.9 Å². The molecule has 0 unspecified atom stereocenters. The van der Waals surface area contributed by atoms with Crippen LogP contribution in [0.3, 0.4) is 0 Å². The molecule has 0 bridgehead atoms. The average molecular weight is 448 g/mol. The van der Waals surface area contributed by atoms with Crippen LogP contribution in [-0.2, 0) is 4.79 Å². The highest BCUT2D eigenvalue weighted by Crippen LogP contribution is 2.60. The highest BCUT2D eigenvalue weighted by molar-refractivity contribution is 7.04. The molecule has 162 valence electrons. The van der Waals surface area contributed by atoms with Crippen molar-refractivity contribution in [2.45, 2.75) is 68.3 Å². The second-order valence-corrected chi connectivity index (χ2v) is 11.4. The van der Waals surface area contributed by atoms with Gasteiger partial charge in [-0.25, -0.2) is 0 Å². The second kappa shape index (κ2) is 6.79. The highest BCUT2D eigenvalue weighted by atomic mass is 28.3. The third kappa shape index (κ3) is 4.06. The van der Waals surface area contributed by atoms with Crippen LogP contribution in [0.5, 0.6) is 0 Å². The van der Waals surface area contributed by atoms with Gasteiger partial charge in [0.1, 0.15) is 13.5 Å². The van der Waals surface area contributed by atoms with Crippen molar-refractivity contribution in [3.63, 3.8) is 0 Å². The first-order valence-corrected chi connectivity index (χ1v) is 10.1. The minimum Gasteiger partial charge on any atom is -0.306 e. The van der Waals surface area contributed by atoms with E-state index >= 15 is 0 Å². The van der Waals surface area contributed by atoms with Crippen LogP contribution in [0.4, 0.5) is 57.1 Å². The van der Waals surface area contributed by atoms with Gasteiger partial charge >= 0.3 is 35.8 Å². The van der Waals surface area contributed by atoms with Crippen molar-refractivity contribution in [3.05, 3.63) is 0 Å². The third-order valence-corrected chi connectivity index (χ3v) is 7.42. The van der Waals surface area contributed by atoms with Crippen molar-refractivity contribution in [1.82, 2.24) is 0 Å². The second-order valence-electron chi connectivity index (χ2n) is 6.44.